The van der Waals surface area contributed by atoms with Gasteiger partial charge in [0.25, 0.3) is 0 Å². The average molecular weight is 367 g/mol. The summed E-state index contributed by atoms with van der Waals surface area (Å²) in [4.78, 5) is 21.0. The lowest BCUT2D eigenvalue weighted by molar-refractivity contribution is -0.124. The van der Waals surface area contributed by atoms with Crippen molar-refractivity contribution in [2.45, 2.75) is 13.8 Å². The smallest absolute Gasteiger partial charge is 0.222 e. The minimum atomic E-state index is 0.0488. The highest BCUT2D eigenvalue weighted by Gasteiger charge is 2.20. The fourth-order valence-corrected chi connectivity index (χ4v) is 4.06. The molecule has 0 atom stereocenters. The molecule has 1 fully saturated rings. The van der Waals surface area contributed by atoms with Crippen LogP contribution in [0.1, 0.15) is 13.8 Å². The molecule has 1 aliphatic rings. The molecule has 0 radical (unpaired) electrons. The van der Waals surface area contributed by atoms with E-state index in [4.69, 9.17) is 16.6 Å². The molecule has 0 saturated carbocycles. The fraction of sp³-hybridized carbons (Fsp3) is 0.529. The van der Waals surface area contributed by atoms with E-state index in [2.05, 4.69) is 21.2 Å². The molecule has 2 heterocycles. The van der Waals surface area contributed by atoms with Crippen LogP contribution in [0.4, 0.5) is 5.13 Å². The number of hydrogen-bond acceptors (Lipinski definition) is 5. The lowest BCUT2D eigenvalue weighted by atomic mass is 10.2. The van der Waals surface area contributed by atoms with Crippen LogP contribution in [-0.2, 0) is 4.79 Å². The van der Waals surface area contributed by atoms with Crippen molar-refractivity contribution in [2.24, 2.45) is 5.92 Å². The van der Waals surface area contributed by atoms with E-state index in [1.807, 2.05) is 26.0 Å². The Morgan fingerprint density at radius 1 is 1.33 bits per heavy atom. The standard InChI is InChI=1S/C17H23ClN4OS/c1-12(2)16(23)19-6-7-21-8-10-22(11-9-21)17-20-15-13(18)4-3-5-14(15)24-17/h3-5,12H,6-11H2,1-2H3,(H,19,23). The van der Waals surface area contributed by atoms with Crippen LogP contribution >= 0.6 is 22.9 Å². The Hall–Kier alpha value is -1.37. The van der Waals surface area contributed by atoms with E-state index in [1.54, 1.807) is 11.3 Å². The monoisotopic (exact) mass is 366 g/mol. The third-order valence-corrected chi connectivity index (χ3v) is 5.64. The van der Waals surface area contributed by atoms with Gasteiger partial charge in [-0.05, 0) is 12.1 Å². The SMILES string of the molecule is CC(C)C(=O)NCCN1CCN(c2nc3c(Cl)cccc3s2)CC1. The zero-order valence-corrected chi connectivity index (χ0v) is 15.7. The van der Waals surface area contributed by atoms with Crippen LogP contribution in [-0.4, -0.2) is 55.1 Å². The van der Waals surface area contributed by atoms with Gasteiger partial charge >= 0.3 is 0 Å². The molecule has 0 unspecified atom stereocenters. The number of nitrogens with zero attached hydrogens (tertiary/aromatic N) is 3. The highest BCUT2D eigenvalue weighted by molar-refractivity contribution is 7.22. The van der Waals surface area contributed by atoms with Crippen LogP contribution in [0.15, 0.2) is 18.2 Å². The second kappa shape index (κ2) is 7.68. The summed E-state index contributed by atoms with van der Waals surface area (Å²) in [6.07, 6.45) is 0. The van der Waals surface area contributed by atoms with E-state index in [0.29, 0.717) is 6.54 Å². The highest BCUT2D eigenvalue weighted by atomic mass is 35.5. The number of carbonyl (C=O) groups excluding carboxylic acids is 1. The first-order valence-electron chi connectivity index (χ1n) is 8.34. The van der Waals surface area contributed by atoms with Gasteiger partial charge in [-0.2, -0.15) is 0 Å². The van der Waals surface area contributed by atoms with E-state index in [-0.39, 0.29) is 11.8 Å². The first kappa shape index (κ1) is 17.5. The van der Waals surface area contributed by atoms with Crippen LogP contribution in [0, 0.1) is 5.92 Å². The van der Waals surface area contributed by atoms with Gasteiger partial charge in [0.2, 0.25) is 5.91 Å². The van der Waals surface area contributed by atoms with Crippen molar-refractivity contribution in [1.29, 1.82) is 0 Å². The third-order valence-electron chi connectivity index (χ3n) is 4.25. The van der Waals surface area contributed by atoms with E-state index in [9.17, 15) is 4.79 Å². The van der Waals surface area contributed by atoms with Crippen molar-refractivity contribution >= 4 is 44.2 Å². The number of halogens is 1. The Morgan fingerprint density at radius 3 is 2.75 bits per heavy atom. The van der Waals surface area contributed by atoms with Crippen molar-refractivity contribution in [3.8, 4) is 0 Å². The van der Waals surface area contributed by atoms with Crippen molar-refractivity contribution in [1.82, 2.24) is 15.2 Å². The summed E-state index contributed by atoms with van der Waals surface area (Å²) in [5.41, 5.74) is 0.901. The highest BCUT2D eigenvalue weighted by Crippen LogP contribution is 2.33. The molecule has 0 bridgehead atoms. The van der Waals surface area contributed by atoms with E-state index < -0.39 is 0 Å². The molecule has 1 N–H and O–H groups in total. The summed E-state index contributed by atoms with van der Waals surface area (Å²) in [7, 11) is 0. The Balaban J connectivity index is 1.51. The molecule has 1 saturated heterocycles. The number of piperazine rings is 1. The molecule has 0 aliphatic carbocycles. The van der Waals surface area contributed by atoms with Gasteiger partial charge in [-0.25, -0.2) is 4.98 Å². The molecule has 24 heavy (non-hydrogen) atoms. The molecular weight excluding hydrogens is 344 g/mol. The molecule has 1 aliphatic heterocycles. The summed E-state index contributed by atoms with van der Waals surface area (Å²) >= 11 is 7.92. The lowest BCUT2D eigenvalue weighted by Gasteiger charge is -2.34. The van der Waals surface area contributed by atoms with Crippen LogP contribution in [0.5, 0.6) is 0 Å². The van der Waals surface area contributed by atoms with Gasteiger partial charge in [-0.15, -0.1) is 0 Å². The van der Waals surface area contributed by atoms with E-state index >= 15 is 0 Å². The third kappa shape index (κ3) is 3.99. The number of anilines is 1. The molecule has 3 rings (SSSR count). The first-order valence-corrected chi connectivity index (χ1v) is 9.54. The molecular formula is C17H23ClN4OS. The second-order valence-corrected chi connectivity index (χ2v) is 7.77. The van der Waals surface area contributed by atoms with Crippen molar-refractivity contribution in [3.63, 3.8) is 0 Å². The Bertz CT molecular complexity index is 710. The number of hydrogen-bond donors (Lipinski definition) is 1. The molecule has 1 aromatic heterocycles. The molecule has 7 heteroatoms. The van der Waals surface area contributed by atoms with Gasteiger partial charge in [0.15, 0.2) is 5.13 Å². The summed E-state index contributed by atoms with van der Waals surface area (Å²) in [6.45, 7) is 9.33. The Kier molecular flexibility index (Phi) is 5.58. The lowest BCUT2D eigenvalue weighted by Crippen LogP contribution is -2.48. The van der Waals surface area contributed by atoms with Crippen LogP contribution in [0.2, 0.25) is 5.02 Å². The fourth-order valence-electron chi connectivity index (χ4n) is 2.74. The molecule has 1 aromatic carbocycles. The zero-order chi connectivity index (χ0) is 17.1. The van der Waals surface area contributed by atoms with Gasteiger partial charge in [0.05, 0.1) is 9.72 Å². The molecule has 2 aromatic rings. The van der Waals surface area contributed by atoms with Crippen LogP contribution in [0.3, 0.4) is 0 Å². The predicted molar refractivity (Wildman–Crippen MR) is 101 cm³/mol. The first-order chi connectivity index (χ1) is 11.5. The minimum Gasteiger partial charge on any atom is -0.355 e. The maximum atomic E-state index is 11.6. The molecule has 130 valence electrons. The van der Waals surface area contributed by atoms with E-state index in [1.165, 1.54) is 0 Å². The summed E-state index contributed by atoms with van der Waals surface area (Å²) in [6, 6.07) is 5.92. The number of aromatic nitrogens is 1. The van der Waals surface area contributed by atoms with Gasteiger partial charge in [-0.1, -0.05) is 42.9 Å². The number of carbonyl (C=O) groups is 1. The van der Waals surface area contributed by atoms with Gasteiger partial charge in [0, 0.05) is 45.2 Å². The second-order valence-electron chi connectivity index (χ2n) is 6.36. The number of thiazole rings is 1. The number of fused-ring (bicyclic) bond motifs is 1. The number of para-hydroxylation sites is 1. The number of rotatable bonds is 5. The van der Waals surface area contributed by atoms with Crippen molar-refractivity contribution in [2.75, 3.05) is 44.2 Å². The van der Waals surface area contributed by atoms with Gasteiger partial charge < -0.3 is 10.2 Å². The number of nitrogens with one attached hydrogen (secondary N) is 1. The maximum absolute atomic E-state index is 11.6. The number of benzene rings is 1. The van der Waals surface area contributed by atoms with Crippen LogP contribution in [0.25, 0.3) is 10.2 Å². The summed E-state index contributed by atoms with van der Waals surface area (Å²) in [5, 5.41) is 4.74. The van der Waals surface area contributed by atoms with Crippen molar-refractivity contribution in [3.05, 3.63) is 23.2 Å². The summed E-state index contributed by atoms with van der Waals surface area (Å²) < 4.78 is 1.14. The van der Waals surface area contributed by atoms with Crippen molar-refractivity contribution < 1.29 is 4.79 Å². The van der Waals surface area contributed by atoms with E-state index in [0.717, 1.165) is 53.1 Å². The zero-order valence-electron chi connectivity index (χ0n) is 14.1. The quantitative estimate of drug-likeness (QED) is 0.884. The maximum Gasteiger partial charge on any atom is 0.222 e. The molecule has 5 nitrogen and oxygen atoms in total. The van der Waals surface area contributed by atoms with Crippen LogP contribution < -0.4 is 10.2 Å². The Morgan fingerprint density at radius 2 is 2.08 bits per heavy atom. The largest absolute Gasteiger partial charge is 0.355 e. The average Bonchev–Trinajstić information content (AvgIpc) is 3.01. The van der Waals surface area contributed by atoms with Gasteiger partial charge in [-0.3, -0.25) is 9.69 Å². The normalized spacial score (nSPS) is 16.1. The number of amides is 1. The molecule has 1 amide bonds. The topological polar surface area (TPSA) is 48.5 Å². The van der Waals surface area contributed by atoms with Gasteiger partial charge in [0.1, 0.15) is 5.52 Å². The minimum absolute atomic E-state index is 0.0488. The molecule has 0 spiro atoms. The predicted octanol–water partition coefficient (Wildman–Crippen LogP) is 2.84. The summed E-state index contributed by atoms with van der Waals surface area (Å²) in [5.74, 6) is 0.174. The Labute approximate surface area is 151 Å².